The van der Waals surface area contributed by atoms with Crippen LogP contribution >= 0.6 is 0 Å². The average Bonchev–Trinajstić information content (AvgIpc) is 2.22. The molecular formula is C11H11F2NO3. The Morgan fingerprint density at radius 3 is 2.35 bits per heavy atom. The second-order valence-electron chi connectivity index (χ2n) is 3.27. The standard InChI is InChI=1S/C11H11F2NO3/c1-7(15)11(16)14-2-3-17-10-5-8(12)4-9(13)6-10/h4-6H,2-3H2,1H3,(H,14,16). The van der Waals surface area contributed by atoms with Crippen molar-refractivity contribution >= 4 is 11.7 Å². The zero-order valence-electron chi connectivity index (χ0n) is 9.13. The number of ketones is 1. The molecule has 1 aromatic rings. The highest BCUT2D eigenvalue weighted by atomic mass is 19.1. The summed E-state index contributed by atoms with van der Waals surface area (Å²) in [5, 5.41) is 2.28. The fourth-order valence-corrected chi connectivity index (χ4v) is 1.07. The maximum absolute atomic E-state index is 12.7. The van der Waals surface area contributed by atoms with Crippen LogP contribution in [-0.4, -0.2) is 24.8 Å². The van der Waals surface area contributed by atoms with Crippen LogP contribution in [0.1, 0.15) is 6.92 Å². The van der Waals surface area contributed by atoms with E-state index in [9.17, 15) is 18.4 Å². The van der Waals surface area contributed by atoms with Crippen molar-refractivity contribution in [2.45, 2.75) is 6.92 Å². The van der Waals surface area contributed by atoms with Crippen LogP contribution in [0.25, 0.3) is 0 Å². The molecule has 4 nitrogen and oxygen atoms in total. The van der Waals surface area contributed by atoms with Gasteiger partial charge in [0.25, 0.3) is 5.91 Å². The number of hydrogen-bond donors (Lipinski definition) is 1. The minimum Gasteiger partial charge on any atom is -0.492 e. The van der Waals surface area contributed by atoms with E-state index in [-0.39, 0.29) is 18.9 Å². The minimum absolute atomic E-state index is 0.0158. The van der Waals surface area contributed by atoms with Crippen molar-refractivity contribution in [3.8, 4) is 5.75 Å². The van der Waals surface area contributed by atoms with Crippen molar-refractivity contribution in [3.05, 3.63) is 29.8 Å². The third kappa shape index (κ3) is 4.58. The quantitative estimate of drug-likeness (QED) is 0.621. The van der Waals surface area contributed by atoms with Gasteiger partial charge in [0, 0.05) is 25.1 Å². The molecule has 0 spiro atoms. The van der Waals surface area contributed by atoms with Gasteiger partial charge in [0.1, 0.15) is 24.0 Å². The van der Waals surface area contributed by atoms with Crippen LogP contribution in [0.4, 0.5) is 8.78 Å². The topological polar surface area (TPSA) is 55.4 Å². The van der Waals surface area contributed by atoms with Gasteiger partial charge >= 0.3 is 0 Å². The van der Waals surface area contributed by atoms with E-state index in [0.29, 0.717) is 0 Å². The number of benzene rings is 1. The first kappa shape index (κ1) is 13.1. The van der Waals surface area contributed by atoms with Crippen LogP contribution in [-0.2, 0) is 9.59 Å². The van der Waals surface area contributed by atoms with Gasteiger partial charge in [-0.3, -0.25) is 9.59 Å². The number of rotatable bonds is 5. The molecule has 0 unspecified atom stereocenters. The Morgan fingerprint density at radius 2 is 1.82 bits per heavy atom. The molecule has 0 saturated heterocycles. The summed E-state index contributed by atoms with van der Waals surface area (Å²) in [6.45, 7) is 1.23. The van der Waals surface area contributed by atoms with E-state index in [1.807, 2.05) is 0 Å². The monoisotopic (exact) mass is 243 g/mol. The highest BCUT2D eigenvalue weighted by molar-refractivity contribution is 6.35. The number of ether oxygens (including phenoxy) is 1. The fraction of sp³-hybridized carbons (Fsp3) is 0.273. The number of nitrogens with one attached hydrogen (secondary N) is 1. The summed E-state index contributed by atoms with van der Waals surface area (Å²) in [6.07, 6.45) is 0. The van der Waals surface area contributed by atoms with Crippen LogP contribution in [0.3, 0.4) is 0 Å². The lowest BCUT2D eigenvalue weighted by molar-refractivity contribution is -0.136. The largest absolute Gasteiger partial charge is 0.492 e. The average molecular weight is 243 g/mol. The number of Topliss-reactive ketones (excluding diaryl/α,β-unsaturated/α-hetero) is 1. The first-order valence-electron chi connectivity index (χ1n) is 4.86. The van der Waals surface area contributed by atoms with Crippen molar-refractivity contribution in [2.24, 2.45) is 0 Å². The Bertz CT molecular complexity index is 414. The summed E-state index contributed by atoms with van der Waals surface area (Å²) in [6, 6.07) is 2.77. The second-order valence-corrected chi connectivity index (χ2v) is 3.27. The fourth-order valence-electron chi connectivity index (χ4n) is 1.07. The molecule has 1 N–H and O–H groups in total. The molecule has 0 aliphatic rings. The Morgan fingerprint density at radius 1 is 1.24 bits per heavy atom. The van der Waals surface area contributed by atoms with Crippen molar-refractivity contribution < 1.29 is 23.1 Å². The number of carbonyl (C=O) groups is 2. The second kappa shape index (κ2) is 5.93. The van der Waals surface area contributed by atoms with Crippen molar-refractivity contribution in [1.29, 1.82) is 0 Å². The zero-order valence-corrected chi connectivity index (χ0v) is 9.13. The molecule has 0 saturated carbocycles. The van der Waals surface area contributed by atoms with Gasteiger partial charge in [-0.25, -0.2) is 8.78 Å². The van der Waals surface area contributed by atoms with Gasteiger partial charge in [-0.1, -0.05) is 0 Å². The molecule has 0 fully saturated rings. The lowest BCUT2D eigenvalue weighted by Crippen LogP contribution is -2.32. The molecule has 1 amide bonds. The van der Waals surface area contributed by atoms with Crippen LogP contribution in [0.2, 0.25) is 0 Å². The number of hydrogen-bond acceptors (Lipinski definition) is 3. The van der Waals surface area contributed by atoms with E-state index in [2.05, 4.69) is 5.32 Å². The van der Waals surface area contributed by atoms with Gasteiger partial charge in [-0.2, -0.15) is 0 Å². The Kier molecular flexibility index (Phi) is 4.56. The Hall–Kier alpha value is -1.98. The molecule has 1 rings (SSSR count). The Labute approximate surface area is 96.6 Å². The summed E-state index contributed by atoms with van der Waals surface area (Å²) in [5.74, 6) is -2.79. The van der Waals surface area contributed by atoms with Crippen molar-refractivity contribution in [1.82, 2.24) is 5.32 Å². The summed E-state index contributed by atoms with van der Waals surface area (Å²) in [5.41, 5.74) is 0. The van der Waals surface area contributed by atoms with E-state index in [1.54, 1.807) is 0 Å². The van der Waals surface area contributed by atoms with E-state index < -0.39 is 23.3 Å². The van der Waals surface area contributed by atoms with E-state index in [1.165, 1.54) is 0 Å². The van der Waals surface area contributed by atoms with Gasteiger partial charge in [0.2, 0.25) is 5.78 Å². The van der Waals surface area contributed by atoms with Gasteiger partial charge in [0.15, 0.2) is 0 Å². The molecule has 1 aromatic carbocycles. The molecule has 0 atom stereocenters. The third-order valence-corrected chi connectivity index (χ3v) is 1.81. The zero-order chi connectivity index (χ0) is 12.8. The lowest BCUT2D eigenvalue weighted by Gasteiger charge is -2.06. The molecule has 0 bridgehead atoms. The predicted octanol–water partition coefficient (Wildman–Crippen LogP) is 1.05. The van der Waals surface area contributed by atoms with Gasteiger partial charge < -0.3 is 10.1 Å². The number of amides is 1. The van der Waals surface area contributed by atoms with Crippen LogP contribution in [0.15, 0.2) is 18.2 Å². The van der Waals surface area contributed by atoms with Crippen molar-refractivity contribution in [3.63, 3.8) is 0 Å². The Balaban J connectivity index is 2.36. The van der Waals surface area contributed by atoms with Gasteiger partial charge in [0.05, 0.1) is 6.54 Å². The van der Waals surface area contributed by atoms with Gasteiger partial charge in [-0.15, -0.1) is 0 Å². The molecule has 6 heteroatoms. The molecule has 0 aliphatic carbocycles. The van der Waals surface area contributed by atoms with Crippen LogP contribution in [0.5, 0.6) is 5.75 Å². The molecule has 0 aliphatic heterocycles. The van der Waals surface area contributed by atoms with Crippen molar-refractivity contribution in [2.75, 3.05) is 13.2 Å². The highest BCUT2D eigenvalue weighted by Crippen LogP contribution is 2.14. The van der Waals surface area contributed by atoms with E-state index in [4.69, 9.17) is 4.74 Å². The van der Waals surface area contributed by atoms with Gasteiger partial charge in [-0.05, 0) is 0 Å². The maximum Gasteiger partial charge on any atom is 0.287 e. The summed E-state index contributed by atoms with van der Waals surface area (Å²) >= 11 is 0. The molecule has 92 valence electrons. The third-order valence-electron chi connectivity index (χ3n) is 1.81. The lowest BCUT2D eigenvalue weighted by atomic mass is 10.3. The molecule has 0 heterocycles. The minimum atomic E-state index is -0.743. The van der Waals surface area contributed by atoms with E-state index >= 15 is 0 Å². The first-order valence-corrected chi connectivity index (χ1v) is 4.86. The van der Waals surface area contributed by atoms with Crippen LogP contribution in [0, 0.1) is 11.6 Å². The van der Waals surface area contributed by atoms with Crippen LogP contribution < -0.4 is 10.1 Å². The summed E-state index contributed by atoms with van der Waals surface area (Å²) < 4.78 is 30.5. The first-order chi connectivity index (χ1) is 7.99. The number of halogens is 2. The summed E-state index contributed by atoms with van der Waals surface area (Å²) in [7, 11) is 0. The highest BCUT2D eigenvalue weighted by Gasteiger charge is 2.06. The normalized spacial score (nSPS) is 9.82. The smallest absolute Gasteiger partial charge is 0.287 e. The molecule has 0 radical (unpaired) electrons. The number of carbonyl (C=O) groups excluding carboxylic acids is 2. The summed E-state index contributed by atoms with van der Waals surface area (Å²) in [4.78, 5) is 21.4. The SMILES string of the molecule is CC(=O)C(=O)NCCOc1cc(F)cc(F)c1. The molecule has 0 aromatic heterocycles. The molecular weight excluding hydrogens is 232 g/mol. The predicted molar refractivity (Wildman–Crippen MR) is 55.5 cm³/mol. The van der Waals surface area contributed by atoms with E-state index in [0.717, 1.165) is 25.1 Å². The molecule has 17 heavy (non-hydrogen) atoms. The maximum atomic E-state index is 12.7.